The highest BCUT2D eigenvalue weighted by atomic mass is 15.1. The number of hydrogen-bond donors (Lipinski definition) is 1. The number of hydrogen-bond acceptors (Lipinski definition) is 2. The Morgan fingerprint density at radius 2 is 1.64 bits per heavy atom. The summed E-state index contributed by atoms with van der Waals surface area (Å²) in [6.07, 6.45) is 9.81. The van der Waals surface area contributed by atoms with Crippen LogP contribution in [-0.2, 0) is 0 Å². The number of likely N-dealkylation sites (tertiary alicyclic amines) is 1. The summed E-state index contributed by atoms with van der Waals surface area (Å²) in [5.74, 6) is 0.823. The Kier molecular flexibility index (Phi) is 3.82. The van der Waals surface area contributed by atoms with Crippen molar-refractivity contribution in [3.05, 3.63) is 0 Å². The Labute approximate surface area is 87.8 Å². The predicted molar refractivity (Wildman–Crippen MR) is 60.2 cm³/mol. The molecule has 1 aliphatic heterocycles. The Balaban J connectivity index is 1.72. The van der Waals surface area contributed by atoms with E-state index in [0.717, 1.165) is 12.5 Å². The number of nitrogens with two attached hydrogens (primary N) is 1. The lowest BCUT2D eigenvalue weighted by Gasteiger charge is -2.30. The maximum atomic E-state index is 6.29. The van der Waals surface area contributed by atoms with Crippen molar-refractivity contribution < 1.29 is 0 Å². The first-order chi connectivity index (χ1) is 6.86. The van der Waals surface area contributed by atoms with Gasteiger partial charge in [0.25, 0.3) is 0 Å². The van der Waals surface area contributed by atoms with Crippen molar-refractivity contribution in [1.82, 2.24) is 4.90 Å². The number of rotatable bonds is 3. The molecule has 2 rings (SSSR count). The van der Waals surface area contributed by atoms with Crippen molar-refractivity contribution in [2.75, 3.05) is 19.6 Å². The summed E-state index contributed by atoms with van der Waals surface area (Å²) in [7, 11) is 0. The fraction of sp³-hybridized carbons (Fsp3) is 1.00. The van der Waals surface area contributed by atoms with E-state index in [9.17, 15) is 0 Å². The molecule has 14 heavy (non-hydrogen) atoms. The lowest BCUT2D eigenvalue weighted by molar-refractivity contribution is 0.233. The summed E-state index contributed by atoms with van der Waals surface area (Å²) in [5, 5.41) is 0. The third-order valence-electron chi connectivity index (χ3n) is 3.92. The first kappa shape index (κ1) is 10.4. The summed E-state index contributed by atoms with van der Waals surface area (Å²) in [4.78, 5) is 2.55. The van der Waals surface area contributed by atoms with E-state index in [2.05, 4.69) is 4.90 Å². The molecular formula is C12H24N2. The smallest absolute Gasteiger partial charge is 0.0196 e. The predicted octanol–water partition coefficient (Wildman–Crippen LogP) is 1.99. The zero-order valence-corrected chi connectivity index (χ0v) is 9.25. The molecule has 2 nitrogen and oxygen atoms in total. The largest absolute Gasteiger partial charge is 0.326 e. The van der Waals surface area contributed by atoms with E-state index in [1.54, 1.807) is 0 Å². The Morgan fingerprint density at radius 3 is 2.29 bits per heavy atom. The Bertz CT molecular complexity index is 158. The summed E-state index contributed by atoms with van der Waals surface area (Å²) in [6, 6.07) is 0.452. The van der Waals surface area contributed by atoms with Gasteiger partial charge in [-0.1, -0.05) is 19.3 Å². The zero-order chi connectivity index (χ0) is 9.80. The molecule has 0 spiro atoms. The van der Waals surface area contributed by atoms with Crippen LogP contribution in [0.5, 0.6) is 0 Å². The van der Waals surface area contributed by atoms with Crippen molar-refractivity contribution in [3.63, 3.8) is 0 Å². The summed E-state index contributed by atoms with van der Waals surface area (Å²) in [6.45, 7) is 3.74. The van der Waals surface area contributed by atoms with Gasteiger partial charge in [-0.05, 0) is 44.7 Å². The van der Waals surface area contributed by atoms with Gasteiger partial charge in [0.2, 0.25) is 0 Å². The van der Waals surface area contributed by atoms with Crippen molar-refractivity contribution in [2.24, 2.45) is 11.7 Å². The molecule has 0 amide bonds. The van der Waals surface area contributed by atoms with Gasteiger partial charge >= 0.3 is 0 Å². The van der Waals surface area contributed by atoms with Gasteiger partial charge in [0, 0.05) is 12.6 Å². The lowest BCUT2D eigenvalue weighted by atomic mass is 9.84. The minimum Gasteiger partial charge on any atom is -0.326 e. The second-order valence-electron chi connectivity index (χ2n) is 5.07. The molecule has 2 heteroatoms. The third kappa shape index (κ3) is 2.71. The van der Waals surface area contributed by atoms with Crippen LogP contribution in [0.1, 0.15) is 44.9 Å². The maximum Gasteiger partial charge on any atom is 0.0196 e. The van der Waals surface area contributed by atoms with E-state index < -0.39 is 0 Å². The molecule has 0 aromatic heterocycles. The maximum absolute atomic E-state index is 6.29. The van der Waals surface area contributed by atoms with Crippen molar-refractivity contribution >= 4 is 0 Å². The molecule has 1 saturated heterocycles. The van der Waals surface area contributed by atoms with E-state index >= 15 is 0 Å². The average molecular weight is 196 g/mol. The topological polar surface area (TPSA) is 29.3 Å². The van der Waals surface area contributed by atoms with Gasteiger partial charge in [0.05, 0.1) is 0 Å². The molecule has 0 radical (unpaired) electrons. The minimum absolute atomic E-state index is 0.452. The highest BCUT2D eigenvalue weighted by Crippen LogP contribution is 2.26. The van der Waals surface area contributed by atoms with Gasteiger partial charge in [0.1, 0.15) is 0 Å². The van der Waals surface area contributed by atoms with Crippen LogP contribution in [0.25, 0.3) is 0 Å². The van der Waals surface area contributed by atoms with Crippen molar-refractivity contribution in [1.29, 1.82) is 0 Å². The van der Waals surface area contributed by atoms with E-state index in [0.29, 0.717) is 6.04 Å². The normalized spacial score (nSPS) is 28.1. The molecule has 0 aromatic rings. The van der Waals surface area contributed by atoms with Gasteiger partial charge in [-0.15, -0.1) is 0 Å². The second-order valence-corrected chi connectivity index (χ2v) is 5.07. The summed E-state index contributed by atoms with van der Waals surface area (Å²) >= 11 is 0. The molecule has 1 aliphatic carbocycles. The van der Waals surface area contributed by atoms with Gasteiger partial charge < -0.3 is 10.6 Å². The van der Waals surface area contributed by atoms with Crippen LogP contribution in [0.3, 0.4) is 0 Å². The molecule has 0 unspecified atom stereocenters. The van der Waals surface area contributed by atoms with Crippen LogP contribution in [0, 0.1) is 5.92 Å². The van der Waals surface area contributed by atoms with Crippen LogP contribution in [0.2, 0.25) is 0 Å². The van der Waals surface area contributed by atoms with Gasteiger partial charge in [-0.25, -0.2) is 0 Å². The van der Waals surface area contributed by atoms with Crippen molar-refractivity contribution in [2.45, 2.75) is 51.0 Å². The third-order valence-corrected chi connectivity index (χ3v) is 3.92. The Morgan fingerprint density at radius 1 is 1.00 bits per heavy atom. The zero-order valence-electron chi connectivity index (χ0n) is 9.25. The van der Waals surface area contributed by atoms with Crippen LogP contribution >= 0.6 is 0 Å². The lowest BCUT2D eigenvalue weighted by Crippen LogP contribution is -2.41. The molecule has 0 aromatic carbocycles. The SMILES string of the molecule is N[C@H](CN1CCCC1)C1CCCCC1. The highest BCUT2D eigenvalue weighted by molar-refractivity contribution is 4.80. The van der Waals surface area contributed by atoms with Crippen molar-refractivity contribution in [3.8, 4) is 0 Å². The van der Waals surface area contributed by atoms with Crippen LogP contribution < -0.4 is 5.73 Å². The molecular weight excluding hydrogens is 172 g/mol. The molecule has 1 saturated carbocycles. The fourth-order valence-corrected chi connectivity index (χ4v) is 2.97. The quantitative estimate of drug-likeness (QED) is 0.748. The molecule has 2 N–H and O–H groups in total. The molecule has 0 bridgehead atoms. The second kappa shape index (κ2) is 5.13. The molecule has 1 atom stereocenters. The van der Waals surface area contributed by atoms with Gasteiger partial charge in [-0.2, -0.15) is 0 Å². The first-order valence-corrected chi connectivity index (χ1v) is 6.34. The standard InChI is InChI=1S/C12H24N2/c13-12(10-14-8-4-5-9-14)11-6-2-1-3-7-11/h11-12H,1-10,13H2/t12-/m1/s1. The molecule has 1 heterocycles. The number of nitrogens with zero attached hydrogens (tertiary/aromatic N) is 1. The van der Waals surface area contributed by atoms with Crippen LogP contribution in [0.4, 0.5) is 0 Å². The molecule has 2 aliphatic rings. The van der Waals surface area contributed by atoms with E-state index in [1.807, 2.05) is 0 Å². The fourth-order valence-electron chi connectivity index (χ4n) is 2.97. The Hall–Kier alpha value is -0.0800. The van der Waals surface area contributed by atoms with E-state index in [4.69, 9.17) is 5.73 Å². The van der Waals surface area contributed by atoms with E-state index in [1.165, 1.54) is 58.0 Å². The first-order valence-electron chi connectivity index (χ1n) is 6.34. The van der Waals surface area contributed by atoms with Crippen LogP contribution in [-0.4, -0.2) is 30.6 Å². The monoisotopic (exact) mass is 196 g/mol. The highest BCUT2D eigenvalue weighted by Gasteiger charge is 2.23. The minimum atomic E-state index is 0.452. The molecule has 82 valence electrons. The average Bonchev–Trinajstić information content (AvgIpc) is 2.72. The summed E-state index contributed by atoms with van der Waals surface area (Å²) in [5.41, 5.74) is 6.29. The van der Waals surface area contributed by atoms with Gasteiger partial charge in [-0.3, -0.25) is 0 Å². The summed E-state index contributed by atoms with van der Waals surface area (Å²) < 4.78 is 0. The van der Waals surface area contributed by atoms with E-state index in [-0.39, 0.29) is 0 Å². The van der Waals surface area contributed by atoms with Gasteiger partial charge in [0.15, 0.2) is 0 Å². The van der Waals surface area contributed by atoms with Crippen LogP contribution in [0.15, 0.2) is 0 Å². The molecule has 2 fully saturated rings.